The quantitative estimate of drug-likeness (QED) is 0.407. The van der Waals surface area contributed by atoms with Crippen LogP contribution in [0.3, 0.4) is 0 Å². The number of nitrogens with zero attached hydrogens (tertiary/aromatic N) is 8. The fourth-order valence-electron chi connectivity index (χ4n) is 6.62. The molecule has 1 aromatic carbocycles. The number of nitrogen functional groups attached to an aromatic ring is 1. The summed E-state index contributed by atoms with van der Waals surface area (Å²) in [5, 5.41) is 13.3. The van der Waals surface area contributed by atoms with E-state index in [0.29, 0.717) is 24.2 Å². The summed E-state index contributed by atoms with van der Waals surface area (Å²) in [5.74, 6) is 0.749. The fourth-order valence-corrected chi connectivity index (χ4v) is 6.62. The second-order valence-electron chi connectivity index (χ2n) is 11.1. The minimum absolute atomic E-state index is 0.224. The highest BCUT2D eigenvalue weighted by Crippen LogP contribution is 2.37. The molecule has 208 valence electrons. The lowest BCUT2D eigenvalue weighted by Gasteiger charge is -2.41. The van der Waals surface area contributed by atoms with Gasteiger partial charge in [-0.15, -0.1) is 5.10 Å². The van der Waals surface area contributed by atoms with Crippen molar-refractivity contribution in [1.29, 1.82) is 0 Å². The van der Waals surface area contributed by atoms with E-state index in [1.54, 1.807) is 6.20 Å². The lowest BCUT2D eigenvalue weighted by Crippen LogP contribution is -2.49. The molecule has 0 atom stereocenters. The van der Waals surface area contributed by atoms with Gasteiger partial charge in [-0.2, -0.15) is 5.10 Å². The van der Waals surface area contributed by atoms with Gasteiger partial charge in [0.2, 0.25) is 5.91 Å². The molecule has 0 unspecified atom stereocenters. The van der Waals surface area contributed by atoms with Gasteiger partial charge in [0.1, 0.15) is 11.8 Å². The normalized spacial score (nSPS) is 19.6. The first-order chi connectivity index (χ1) is 19.7. The Morgan fingerprint density at radius 2 is 1.80 bits per heavy atom. The number of carbonyl (C=O) groups is 1. The highest BCUT2D eigenvalue weighted by molar-refractivity contribution is 5.91. The van der Waals surface area contributed by atoms with Gasteiger partial charge >= 0.3 is 0 Å². The van der Waals surface area contributed by atoms with Crippen LogP contribution in [-0.4, -0.2) is 79.3 Å². The smallest absolute Gasteiger partial charge is 0.222 e. The van der Waals surface area contributed by atoms with E-state index in [-0.39, 0.29) is 6.04 Å². The first kappa shape index (κ1) is 25.0. The molecule has 11 nitrogen and oxygen atoms in total. The molecule has 3 fully saturated rings. The van der Waals surface area contributed by atoms with Crippen molar-refractivity contribution in [2.75, 3.05) is 43.5 Å². The number of likely N-dealkylation sites (tertiary alicyclic amines) is 1. The molecule has 11 heteroatoms. The zero-order valence-electron chi connectivity index (χ0n) is 22.7. The lowest BCUT2D eigenvalue weighted by atomic mass is 9.98. The van der Waals surface area contributed by atoms with E-state index in [4.69, 9.17) is 10.5 Å². The van der Waals surface area contributed by atoms with Crippen LogP contribution in [0.1, 0.15) is 51.0 Å². The van der Waals surface area contributed by atoms with Crippen molar-refractivity contribution in [1.82, 2.24) is 34.5 Å². The van der Waals surface area contributed by atoms with Crippen LogP contribution in [0.15, 0.2) is 42.9 Å². The molecule has 0 radical (unpaired) electrons. The van der Waals surface area contributed by atoms with E-state index in [1.807, 2.05) is 9.20 Å². The van der Waals surface area contributed by atoms with Gasteiger partial charge < -0.3 is 20.3 Å². The van der Waals surface area contributed by atoms with Gasteiger partial charge in [-0.25, -0.2) is 14.2 Å². The van der Waals surface area contributed by atoms with Gasteiger partial charge in [0.15, 0.2) is 5.82 Å². The van der Waals surface area contributed by atoms with Crippen LogP contribution in [0.25, 0.3) is 28.0 Å². The van der Waals surface area contributed by atoms with E-state index in [0.717, 1.165) is 99.4 Å². The summed E-state index contributed by atoms with van der Waals surface area (Å²) in [7, 11) is 0. The Kier molecular flexibility index (Phi) is 6.58. The van der Waals surface area contributed by atoms with Crippen molar-refractivity contribution >= 4 is 22.9 Å². The molecular formula is C29H35N9O2. The molecule has 0 spiro atoms. The number of rotatable bonds is 5. The van der Waals surface area contributed by atoms with Crippen molar-refractivity contribution in [2.24, 2.45) is 0 Å². The highest BCUT2D eigenvalue weighted by atomic mass is 16.5. The molecule has 2 N–H and O–H groups in total. The average Bonchev–Trinajstić information content (AvgIpc) is 3.64. The van der Waals surface area contributed by atoms with Crippen LogP contribution in [-0.2, 0) is 9.53 Å². The van der Waals surface area contributed by atoms with Crippen LogP contribution in [0, 0.1) is 0 Å². The zero-order valence-corrected chi connectivity index (χ0v) is 22.7. The van der Waals surface area contributed by atoms with Gasteiger partial charge in [0, 0.05) is 62.1 Å². The van der Waals surface area contributed by atoms with Crippen LogP contribution >= 0.6 is 0 Å². The molecule has 7 rings (SSSR count). The molecular weight excluding hydrogens is 506 g/mol. The Morgan fingerprint density at radius 3 is 2.62 bits per heavy atom. The molecule has 1 amide bonds. The third kappa shape index (κ3) is 4.47. The molecule has 6 heterocycles. The number of anilines is 2. The molecule has 0 saturated carbocycles. The second-order valence-corrected chi connectivity index (χ2v) is 11.1. The van der Waals surface area contributed by atoms with Gasteiger partial charge in [-0.1, -0.05) is 17.3 Å². The zero-order chi connectivity index (χ0) is 27.1. The molecule has 3 aliphatic heterocycles. The maximum atomic E-state index is 12.5. The van der Waals surface area contributed by atoms with Gasteiger partial charge in [0.25, 0.3) is 0 Å². The Bertz CT molecular complexity index is 1510. The first-order valence-corrected chi connectivity index (χ1v) is 14.4. The number of benzene rings is 1. The predicted octanol–water partition coefficient (Wildman–Crippen LogP) is 3.57. The maximum absolute atomic E-state index is 12.5. The van der Waals surface area contributed by atoms with Crippen molar-refractivity contribution < 1.29 is 9.53 Å². The first-order valence-electron chi connectivity index (χ1n) is 14.4. The maximum Gasteiger partial charge on any atom is 0.222 e. The number of ether oxygens (including phenoxy) is 1. The number of hydrogen-bond donors (Lipinski definition) is 1. The summed E-state index contributed by atoms with van der Waals surface area (Å²) >= 11 is 0. The topological polar surface area (TPSA) is 120 Å². The van der Waals surface area contributed by atoms with Crippen molar-refractivity contribution in [2.45, 2.75) is 57.0 Å². The summed E-state index contributed by atoms with van der Waals surface area (Å²) < 4.78 is 9.45. The monoisotopic (exact) mass is 541 g/mol. The number of amides is 1. The molecule has 0 aliphatic carbocycles. The lowest BCUT2D eigenvalue weighted by molar-refractivity contribution is -0.136. The Balaban J connectivity index is 1.20. The number of aromatic nitrogens is 6. The molecule has 40 heavy (non-hydrogen) atoms. The van der Waals surface area contributed by atoms with Gasteiger partial charge in [-0.05, 0) is 56.7 Å². The SMILES string of the molecule is Nc1ncnn2c(-c3cccc(N4CCC(N5CCCCC5=O)CC4)c3)cc(-c3cnnn3C3CCOCC3)c12. The number of carbonyl (C=O) groups excluding carboxylic acids is 1. The summed E-state index contributed by atoms with van der Waals surface area (Å²) in [6.45, 7) is 4.22. The Labute approximate surface area is 232 Å². The van der Waals surface area contributed by atoms with E-state index < -0.39 is 0 Å². The number of hydrogen-bond acceptors (Lipinski definition) is 8. The van der Waals surface area contributed by atoms with Crippen molar-refractivity contribution in [3.63, 3.8) is 0 Å². The van der Waals surface area contributed by atoms with Gasteiger partial charge in [0.05, 0.1) is 23.6 Å². The largest absolute Gasteiger partial charge is 0.382 e. The molecule has 3 aliphatic rings. The van der Waals surface area contributed by atoms with Crippen LogP contribution in [0.5, 0.6) is 0 Å². The van der Waals surface area contributed by atoms with E-state index in [1.165, 1.54) is 12.0 Å². The average molecular weight is 542 g/mol. The van der Waals surface area contributed by atoms with Gasteiger partial charge in [-0.3, -0.25) is 4.79 Å². The summed E-state index contributed by atoms with van der Waals surface area (Å²) in [4.78, 5) is 21.3. The summed E-state index contributed by atoms with van der Waals surface area (Å²) in [6.07, 6.45) is 9.95. The van der Waals surface area contributed by atoms with E-state index >= 15 is 0 Å². The third-order valence-electron chi connectivity index (χ3n) is 8.74. The number of nitrogens with two attached hydrogens (primary N) is 1. The van der Waals surface area contributed by atoms with Crippen LogP contribution in [0.4, 0.5) is 11.5 Å². The second kappa shape index (κ2) is 10.5. The summed E-state index contributed by atoms with van der Waals surface area (Å²) in [5.41, 5.74) is 12.2. The van der Waals surface area contributed by atoms with Crippen LogP contribution in [0.2, 0.25) is 0 Å². The van der Waals surface area contributed by atoms with Crippen molar-refractivity contribution in [3.05, 3.63) is 42.9 Å². The highest BCUT2D eigenvalue weighted by Gasteiger charge is 2.30. The molecule has 0 bridgehead atoms. The standard InChI is InChI=1S/C29H35N9O2/c30-29-28-24(26-18-32-34-37(26)22-9-14-40-15-10-22)17-25(38(28)33-19-31-29)20-4-3-5-23(16-20)35-12-7-21(8-13-35)36-11-2-1-6-27(36)39/h3-5,16-19,21-22H,1-2,6-15H2,(H2,30,31,33). The third-order valence-corrected chi connectivity index (χ3v) is 8.74. The minimum Gasteiger partial charge on any atom is -0.382 e. The molecule has 3 aromatic heterocycles. The molecule has 3 saturated heterocycles. The fraction of sp³-hybridized carbons (Fsp3) is 0.483. The van der Waals surface area contributed by atoms with Crippen molar-refractivity contribution in [3.8, 4) is 22.5 Å². The Hall–Kier alpha value is -3.99. The molecule has 4 aromatic rings. The minimum atomic E-state index is 0.224. The Morgan fingerprint density at radius 1 is 0.950 bits per heavy atom. The van der Waals surface area contributed by atoms with E-state index in [9.17, 15) is 4.79 Å². The summed E-state index contributed by atoms with van der Waals surface area (Å²) in [6, 6.07) is 11.3. The van der Waals surface area contributed by atoms with Crippen LogP contribution < -0.4 is 10.6 Å². The van der Waals surface area contributed by atoms with E-state index in [2.05, 4.69) is 60.5 Å². The predicted molar refractivity (Wildman–Crippen MR) is 152 cm³/mol. The number of piperidine rings is 2. The number of fused-ring (bicyclic) bond motifs is 1.